The highest BCUT2D eigenvalue weighted by Gasteiger charge is 2.15. The second-order valence-electron chi connectivity index (χ2n) is 5.05. The first-order valence-electron chi connectivity index (χ1n) is 7.15. The molecule has 0 saturated heterocycles. The lowest BCUT2D eigenvalue weighted by Crippen LogP contribution is -2.42. The summed E-state index contributed by atoms with van der Waals surface area (Å²) in [4.78, 5) is 23.8. The van der Waals surface area contributed by atoms with Crippen molar-refractivity contribution in [3.05, 3.63) is 47.4 Å². The molecular formula is C16H16N2O5. The number of ether oxygens (including phenoxy) is 2. The first-order valence-corrected chi connectivity index (χ1v) is 7.15. The molecule has 0 aliphatic carbocycles. The average Bonchev–Trinajstić information content (AvgIpc) is 2.98. The van der Waals surface area contributed by atoms with E-state index in [9.17, 15) is 9.59 Å². The number of benzene rings is 1. The molecule has 0 radical (unpaired) electrons. The van der Waals surface area contributed by atoms with Gasteiger partial charge in [-0.2, -0.15) is 0 Å². The largest absolute Gasteiger partial charge is 0.486 e. The van der Waals surface area contributed by atoms with Gasteiger partial charge in [-0.05, 0) is 30.7 Å². The second kappa shape index (κ2) is 6.43. The molecule has 0 atom stereocenters. The van der Waals surface area contributed by atoms with Crippen LogP contribution in [0.1, 0.15) is 21.7 Å². The Hall–Kier alpha value is -2.96. The normalized spacial score (nSPS) is 12.6. The fraction of sp³-hybridized carbons (Fsp3) is 0.250. The molecule has 2 N–H and O–H groups in total. The maximum Gasteiger partial charge on any atom is 0.273 e. The molecule has 7 heteroatoms. The number of nitrogens with one attached hydrogen (secondary N) is 2. The topological polar surface area (TPSA) is 89.8 Å². The number of carbonyl (C=O) groups is 2. The molecule has 23 heavy (non-hydrogen) atoms. The zero-order valence-electron chi connectivity index (χ0n) is 12.5. The lowest BCUT2D eigenvalue weighted by Gasteiger charge is -2.18. The lowest BCUT2D eigenvalue weighted by molar-refractivity contribution is -0.121. The molecule has 2 heterocycles. The van der Waals surface area contributed by atoms with E-state index in [0.29, 0.717) is 36.0 Å². The molecule has 0 fully saturated rings. The Morgan fingerprint density at radius 3 is 2.61 bits per heavy atom. The number of hydrogen-bond donors (Lipinski definition) is 2. The molecule has 0 saturated carbocycles. The van der Waals surface area contributed by atoms with E-state index in [0.717, 1.165) is 5.56 Å². The summed E-state index contributed by atoms with van der Waals surface area (Å²) in [5, 5.41) is 0. The number of hydrazine groups is 1. The smallest absolute Gasteiger partial charge is 0.273 e. The van der Waals surface area contributed by atoms with Gasteiger partial charge in [0.1, 0.15) is 19.0 Å². The van der Waals surface area contributed by atoms with Crippen LogP contribution in [0, 0.1) is 6.92 Å². The predicted molar refractivity (Wildman–Crippen MR) is 80.2 cm³/mol. The van der Waals surface area contributed by atoms with Crippen molar-refractivity contribution in [3.8, 4) is 11.5 Å². The van der Waals surface area contributed by atoms with Gasteiger partial charge in [-0.25, -0.2) is 0 Å². The van der Waals surface area contributed by atoms with Gasteiger partial charge in [-0.1, -0.05) is 6.07 Å². The van der Waals surface area contributed by atoms with Crippen LogP contribution in [0.3, 0.4) is 0 Å². The number of hydrogen-bond acceptors (Lipinski definition) is 5. The van der Waals surface area contributed by atoms with Gasteiger partial charge in [0.05, 0.1) is 18.2 Å². The van der Waals surface area contributed by atoms with Crippen molar-refractivity contribution >= 4 is 11.8 Å². The summed E-state index contributed by atoms with van der Waals surface area (Å²) in [6, 6.07) is 6.85. The van der Waals surface area contributed by atoms with Gasteiger partial charge in [-0.3, -0.25) is 20.4 Å². The molecule has 1 aliphatic heterocycles. The average molecular weight is 316 g/mol. The van der Waals surface area contributed by atoms with Crippen molar-refractivity contribution in [2.45, 2.75) is 13.3 Å². The van der Waals surface area contributed by atoms with E-state index in [1.54, 1.807) is 25.1 Å². The third-order valence-corrected chi connectivity index (χ3v) is 3.39. The molecule has 1 aromatic heterocycles. The molecule has 0 unspecified atom stereocenters. The molecule has 1 aromatic carbocycles. The minimum atomic E-state index is -0.424. The van der Waals surface area contributed by atoms with Gasteiger partial charge in [0.2, 0.25) is 5.91 Å². The summed E-state index contributed by atoms with van der Waals surface area (Å²) >= 11 is 0. The SMILES string of the molecule is Cc1occc1C(=O)NNC(=O)Cc1ccc2c(c1)OCCO2. The van der Waals surface area contributed by atoms with Crippen molar-refractivity contribution < 1.29 is 23.5 Å². The number of furan rings is 1. The van der Waals surface area contributed by atoms with Gasteiger partial charge in [-0.15, -0.1) is 0 Å². The molecule has 120 valence electrons. The summed E-state index contributed by atoms with van der Waals surface area (Å²) in [6.45, 7) is 2.68. The number of aryl methyl sites for hydroxylation is 1. The van der Waals surface area contributed by atoms with E-state index < -0.39 is 5.91 Å². The summed E-state index contributed by atoms with van der Waals surface area (Å²) in [7, 11) is 0. The minimum Gasteiger partial charge on any atom is -0.486 e. The number of amides is 2. The second-order valence-corrected chi connectivity index (χ2v) is 5.05. The van der Waals surface area contributed by atoms with Crippen LogP contribution in [0.25, 0.3) is 0 Å². The van der Waals surface area contributed by atoms with Crippen LogP contribution in [-0.4, -0.2) is 25.0 Å². The summed E-state index contributed by atoms with van der Waals surface area (Å²) in [6.07, 6.45) is 1.53. The molecule has 3 rings (SSSR count). The van der Waals surface area contributed by atoms with E-state index in [4.69, 9.17) is 13.9 Å². The zero-order valence-corrected chi connectivity index (χ0v) is 12.5. The monoisotopic (exact) mass is 316 g/mol. The van der Waals surface area contributed by atoms with Crippen molar-refractivity contribution in [1.29, 1.82) is 0 Å². The molecule has 0 bridgehead atoms. The Morgan fingerprint density at radius 1 is 1.09 bits per heavy atom. The maximum atomic E-state index is 11.9. The van der Waals surface area contributed by atoms with Crippen molar-refractivity contribution in [3.63, 3.8) is 0 Å². The molecule has 2 amide bonds. The van der Waals surface area contributed by atoms with Gasteiger partial charge >= 0.3 is 0 Å². The molecule has 2 aromatic rings. The van der Waals surface area contributed by atoms with E-state index in [1.807, 2.05) is 0 Å². The van der Waals surface area contributed by atoms with E-state index in [-0.39, 0.29) is 12.3 Å². The van der Waals surface area contributed by atoms with Crippen LogP contribution in [0.4, 0.5) is 0 Å². The molecular weight excluding hydrogens is 300 g/mol. The molecule has 7 nitrogen and oxygen atoms in total. The molecule has 0 spiro atoms. The fourth-order valence-electron chi connectivity index (χ4n) is 2.24. The first-order chi connectivity index (χ1) is 11.1. The Morgan fingerprint density at radius 2 is 1.87 bits per heavy atom. The number of carbonyl (C=O) groups excluding carboxylic acids is 2. The van der Waals surface area contributed by atoms with E-state index in [1.165, 1.54) is 12.3 Å². The van der Waals surface area contributed by atoms with Crippen LogP contribution in [0.15, 0.2) is 34.9 Å². The third-order valence-electron chi connectivity index (χ3n) is 3.39. The molecule has 1 aliphatic rings. The van der Waals surface area contributed by atoms with Gasteiger partial charge in [0.15, 0.2) is 11.5 Å². The summed E-state index contributed by atoms with van der Waals surface area (Å²) < 4.78 is 15.9. The van der Waals surface area contributed by atoms with Gasteiger partial charge < -0.3 is 13.9 Å². The standard InChI is InChI=1S/C16H16N2O5/c1-10-12(4-5-21-10)16(20)18-17-15(19)9-11-2-3-13-14(8-11)23-7-6-22-13/h2-5,8H,6-7,9H2,1H3,(H,17,19)(H,18,20). The van der Waals surface area contributed by atoms with Crippen LogP contribution in [0.2, 0.25) is 0 Å². The summed E-state index contributed by atoms with van der Waals surface area (Å²) in [5.41, 5.74) is 5.87. The minimum absolute atomic E-state index is 0.112. The number of rotatable bonds is 3. The van der Waals surface area contributed by atoms with E-state index >= 15 is 0 Å². The van der Waals surface area contributed by atoms with Crippen LogP contribution in [0.5, 0.6) is 11.5 Å². The fourth-order valence-corrected chi connectivity index (χ4v) is 2.24. The van der Waals surface area contributed by atoms with Gasteiger partial charge in [0.25, 0.3) is 5.91 Å². The van der Waals surface area contributed by atoms with Crippen molar-refractivity contribution in [1.82, 2.24) is 10.9 Å². The first kappa shape index (κ1) is 15.0. The van der Waals surface area contributed by atoms with E-state index in [2.05, 4.69) is 10.9 Å². The Kier molecular flexibility index (Phi) is 4.18. The van der Waals surface area contributed by atoms with Crippen molar-refractivity contribution in [2.24, 2.45) is 0 Å². The highest BCUT2D eigenvalue weighted by Crippen LogP contribution is 2.30. The number of fused-ring (bicyclic) bond motifs is 1. The highest BCUT2D eigenvalue weighted by molar-refractivity contribution is 5.96. The predicted octanol–water partition coefficient (Wildman–Crippen LogP) is 1.36. The van der Waals surface area contributed by atoms with Crippen molar-refractivity contribution in [2.75, 3.05) is 13.2 Å². The third kappa shape index (κ3) is 3.45. The highest BCUT2D eigenvalue weighted by atomic mass is 16.6. The van der Waals surface area contributed by atoms with Crippen LogP contribution in [-0.2, 0) is 11.2 Å². The Bertz CT molecular complexity index is 738. The Labute approximate surface area is 132 Å². The quantitative estimate of drug-likeness (QED) is 0.835. The van der Waals surface area contributed by atoms with Gasteiger partial charge in [0, 0.05) is 0 Å². The van der Waals surface area contributed by atoms with Crippen LogP contribution < -0.4 is 20.3 Å². The Balaban J connectivity index is 1.55. The summed E-state index contributed by atoms with van der Waals surface area (Å²) in [5.74, 6) is 1.02. The maximum absolute atomic E-state index is 11.9. The van der Waals surface area contributed by atoms with Crippen LogP contribution >= 0.6 is 0 Å². The zero-order chi connectivity index (χ0) is 16.2. The lowest BCUT2D eigenvalue weighted by atomic mass is 10.1.